The zero-order valence-electron chi connectivity index (χ0n) is 12.7. The quantitative estimate of drug-likeness (QED) is 0.549. The minimum atomic E-state index is 0.848. The molecule has 0 fully saturated rings. The Morgan fingerprint density at radius 3 is 2.65 bits per heavy atom. The first kappa shape index (κ1) is 13.9. The number of hydrogen-bond donors (Lipinski definition) is 1. The summed E-state index contributed by atoms with van der Waals surface area (Å²) in [5.41, 5.74) is 4.60. The summed E-state index contributed by atoms with van der Waals surface area (Å²) < 4.78 is 0. The molecule has 3 nitrogen and oxygen atoms in total. The van der Waals surface area contributed by atoms with Crippen LogP contribution >= 0.6 is 11.3 Å². The largest absolute Gasteiger partial charge is 0.340 e. The molecular formula is C19H15N3S. The van der Waals surface area contributed by atoms with Crippen LogP contribution in [-0.2, 0) is 0 Å². The molecule has 0 radical (unpaired) electrons. The second-order valence-corrected chi connectivity index (χ2v) is 6.27. The maximum absolute atomic E-state index is 4.47. The lowest BCUT2D eigenvalue weighted by Gasteiger charge is -2.09. The molecule has 4 heteroatoms. The van der Waals surface area contributed by atoms with E-state index in [1.54, 1.807) is 17.7 Å². The molecule has 0 aliphatic rings. The van der Waals surface area contributed by atoms with Crippen molar-refractivity contribution in [2.45, 2.75) is 6.92 Å². The summed E-state index contributed by atoms with van der Waals surface area (Å²) in [7, 11) is 0. The van der Waals surface area contributed by atoms with Crippen molar-refractivity contribution in [1.29, 1.82) is 0 Å². The molecule has 0 aliphatic carbocycles. The molecule has 0 unspecified atom stereocenters. The molecule has 4 aromatic rings. The highest BCUT2D eigenvalue weighted by Crippen LogP contribution is 2.37. The van der Waals surface area contributed by atoms with E-state index in [0.29, 0.717) is 0 Å². The van der Waals surface area contributed by atoms with Crippen LogP contribution in [0.5, 0.6) is 0 Å². The second kappa shape index (κ2) is 5.82. The Morgan fingerprint density at radius 2 is 1.83 bits per heavy atom. The van der Waals surface area contributed by atoms with E-state index in [1.807, 2.05) is 12.1 Å². The SMILES string of the molecule is Cc1cccc(Nc2ncnc3scc(-c4ccccc4)c23)c1. The van der Waals surface area contributed by atoms with Crippen LogP contribution in [0.2, 0.25) is 0 Å². The van der Waals surface area contributed by atoms with Crippen molar-refractivity contribution in [2.75, 3.05) is 5.32 Å². The molecule has 0 amide bonds. The van der Waals surface area contributed by atoms with Gasteiger partial charge in [0.1, 0.15) is 17.0 Å². The Bertz CT molecular complexity index is 961. The molecular weight excluding hydrogens is 302 g/mol. The number of nitrogens with zero attached hydrogens (tertiary/aromatic N) is 2. The average Bonchev–Trinajstić information content (AvgIpc) is 3.01. The van der Waals surface area contributed by atoms with Gasteiger partial charge in [-0.05, 0) is 30.2 Å². The summed E-state index contributed by atoms with van der Waals surface area (Å²) in [6.45, 7) is 2.08. The highest BCUT2D eigenvalue weighted by molar-refractivity contribution is 7.17. The lowest BCUT2D eigenvalue weighted by Crippen LogP contribution is -1.95. The smallest absolute Gasteiger partial charge is 0.143 e. The number of aromatic nitrogens is 2. The Labute approximate surface area is 138 Å². The molecule has 0 atom stereocenters. The molecule has 0 bridgehead atoms. The van der Waals surface area contributed by atoms with Gasteiger partial charge in [-0.3, -0.25) is 0 Å². The van der Waals surface area contributed by atoms with Gasteiger partial charge < -0.3 is 5.32 Å². The first-order valence-corrected chi connectivity index (χ1v) is 8.30. The van der Waals surface area contributed by atoms with Gasteiger partial charge in [-0.15, -0.1) is 11.3 Å². The topological polar surface area (TPSA) is 37.8 Å². The second-order valence-electron chi connectivity index (χ2n) is 5.41. The average molecular weight is 317 g/mol. The Balaban J connectivity index is 1.85. The van der Waals surface area contributed by atoms with Crippen LogP contribution in [0.3, 0.4) is 0 Å². The van der Waals surface area contributed by atoms with Gasteiger partial charge in [-0.1, -0.05) is 42.5 Å². The lowest BCUT2D eigenvalue weighted by atomic mass is 10.1. The fraction of sp³-hybridized carbons (Fsp3) is 0.0526. The number of nitrogens with one attached hydrogen (secondary N) is 1. The van der Waals surface area contributed by atoms with E-state index in [9.17, 15) is 0 Å². The van der Waals surface area contributed by atoms with Crippen LogP contribution < -0.4 is 5.32 Å². The summed E-state index contributed by atoms with van der Waals surface area (Å²) >= 11 is 1.65. The van der Waals surface area contributed by atoms with Crippen molar-refractivity contribution < 1.29 is 0 Å². The van der Waals surface area contributed by atoms with Crippen LogP contribution in [0, 0.1) is 6.92 Å². The van der Waals surface area contributed by atoms with Crippen molar-refractivity contribution in [1.82, 2.24) is 9.97 Å². The number of rotatable bonds is 3. The van der Waals surface area contributed by atoms with E-state index < -0.39 is 0 Å². The highest BCUT2D eigenvalue weighted by atomic mass is 32.1. The summed E-state index contributed by atoms with van der Waals surface area (Å²) in [5.74, 6) is 0.848. The molecule has 23 heavy (non-hydrogen) atoms. The van der Waals surface area contributed by atoms with E-state index in [0.717, 1.165) is 21.7 Å². The molecule has 4 rings (SSSR count). The zero-order chi connectivity index (χ0) is 15.6. The monoisotopic (exact) mass is 317 g/mol. The summed E-state index contributed by atoms with van der Waals surface area (Å²) in [4.78, 5) is 9.88. The predicted octanol–water partition coefficient (Wildman–Crippen LogP) is 5.41. The van der Waals surface area contributed by atoms with Crippen LogP contribution in [0.4, 0.5) is 11.5 Å². The number of fused-ring (bicyclic) bond motifs is 1. The van der Waals surface area contributed by atoms with E-state index in [-0.39, 0.29) is 0 Å². The molecule has 1 N–H and O–H groups in total. The zero-order valence-corrected chi connectivity index (χ0v) is 13.5. The minimum absolute atomic E-state index is 0.848. The number of benzene rings is 2. The molecule has 112 valence electrons. The molecule has 2 aromatic carbocycles. The van der Waals surface area contributed by atoms with Crippen molar-refractivity contribution >= 4 is 33.1 Å². The maximum atomic E-state index is 4.47. The summed E-state index contributed by atoms with van der Waals surface area (Å²) in [5, 5.41) is 6.66. The minimum Gasteiger partial charge on any atom is -0.340 e. The molecule has 0 spiro atoms. The van der Waals surface area contributed by atoms with Gasteiger partial charge in [0.05, 0.1) is 5.39 Å². The lowest BCUT2D eigenvalue weighted by molar-refractivity contribution is 1.23. The molecule has 2 heterocycles. The van der Waals surface area contributed by atoms with Gasteiger partial charge in [-0.2, -0.15) is 0 Å². The van der Waals surface area contributed by atoms with Gasteiger partial charge in [0.25, 0.3) is 0 Å². The standard InChI is InChI=1S/C19H15N3S/c1-13-6-5-9-15(10-13)22-18-17-16(14-7-3-2-4-8-14)11-23-19(17)21-12-20-18/h2-12H,1H3,(H,20,21,22). The van der Waals surface area contributed by atoms with Crippen LogP contribution in [0.15, 0.2) is 66.3 Å². The molecule has 0 aliphatic heterocycles. The van der Waals surface area contributed by atoms with E-state index >= 15 is 0 Å². The Kier molecular flexibility index (Phi) is 3.52. The van der Waals surface area contributed by atoms with Crippen LogP contribution in [0.1, 0.15) is 5.56 Å². The van der Waals surface area contributed by atoms with Gasteiger partial charge in [0.15, 0.2) is 0 Å². The number of hydrogen-bond acceptors (Lipinski definition) is 4. The third kappa shape index (κ3) is 2.69. The maximum Gasteiger partial charge on any atom is 0.143 e. The van der Waals surface area contributed by atoms with Crippen molar-refractivity contribution in [3.05, 3.63) is 71.9 Å². The van der Waals surface area contributed by atoms with E-state index in [2.05, 4.69) is 70.1 Å². The summed E-state index contributed by atoms with van der Waals surface area (Å²) in [6, 6.07) is 18.7. The van der Waals surface area contributed by atoms with Gasteiger partial charge >= 0.3 is 0 Å². The van der Waals surface area contributed by atoms with Crippen molar-refractivity contribution in [3.63, 3.8) is 0 Å². The first-order valence-electron chi connectivity index (χ1n) is 7.42. The van der Waals surface area contributed by atoms with Crippen molar-refractivity contribution in [2.24, 2.45) is 0 Å². The number of thiophene rings is 1. The normalized spacial score (nSPS) is 10.8. The number of aryl methyl sites for hydroxylation is 1. The third-order valence-electron chi connectivity index (χ3n) is 3.74. The van der Waals surface area contributed by atoms with E-state index in [1.165, 1.54) is 16.7 Å². The van der Waals surface area contributed by atoms with E-state index in [4.69, 9.17) is 0 Å². The van der Waals surface area contributed by atoms with Gasteiger partial charge in [0.2, 0.25) is 0 Å². The third-order valence-corrected chi connectivity index (χ3v) is 4.62. The molecule has 2 aromatic heterocycles. The Morgan fingerprint density at radius 1 is 0.957 bits per heavy atom. The van der Waals surface area contributed by atoms with Gasteiger partial charge in [-0.25, -0.2) is 9.97 Å². The fourth-order valence-corrected chi connectivity index (χ4v) is 3.58. The van der Waals surface area contributed by atoms with Crippen molar-refractivity contribution in [3.8, 4) is 11.1 Å². The predicted molar refractivity (Wildman–Crippen MR) is 97.3 cm³/mol. The molecule has 0 saturated heterocycles. The van der Waals surface area contributed by atoms with Crippen LogP contribution in [0.25, 0.3) is 21.3 Å². The molecule has 0 saturated carbocycles. The van der Waals surface area contributed by atoms with Crippen LogP contribution in [-0.4, -0.2) is 9.97 Å². The fourth-order valence-electron chi connectivity index (χ4n) is 2.66. The number of anilines is 2. The highest BCUT2D eigenvalue weighted by Gasteiger charge is 2.13. The van der Waals surface area contributed by atoms with Gasteiger partial charge in [0, 0.05) is 16.6 Å². The summed E-state index contributed by atoms with van der Waals surface area (Å²) in [6.07, 6.45) is 1.62. The first-order chi connectivity index (χ1) is 11.3. The Hall–Kier alpha value is -2.72.